The van der Waals surface area contributed by atoms with Gasteiger partial charge in [0.2, 0.25) is 0 Å². The first-order chi connectivity index (χ1) is 25.3. The maximum atomic E-state index is 13.2. The Morgan fingerprint density at radius 2 is 0.870 bits per heavy atom. The van der Waals surface area contributed by atoms with E-state index in [0.717, 1.165) is 12.1 Å². The van der Waals surface area contributed by atoms with Crippen molar-refractivity contribution in [3.8, 4) is 11.5 Å². The zero-order chi connectivity index (χ0) is 40.1. The summed E-state index contributed by atoms with van der Waals surface area (Å²) in [6, 6.07) is 14.0. The Hall–Kier alpha value is -6.32. The molecule has 6 N–H and O–H groups in total. The summed E-state index contributed by atoms with van der Waals surface area (Å²) in [6.07, 6.45) is -0.0707. The Labute approximate surface area is 312 Å². The van der Waals surface area contributed by atoms with Crippen LogP contribution < -0.4 is 30.7 Å². The highest BCUT2D eigenvalue weighted by atomic mass is 16.6. The van der Waals surface area contributed by atoms with Gasteiger partial charge in [-0.3, -0.25) is 9.59 Å². The summed E-state index contributed by atoms with van der Waals surface area (Å²) in [4.78, 5) is 74.2. The predicted molar refractivity (Wildman–Crippen MR) is 198 cm³/mol. The SMILES string of the molecule is CC(C)(C)OC(=O)NCCCOc1ccc(NC(=O)c2cc(C(=O)O)c(C(=O)Nc3ccc(OCCCNC(=O)OC(C)(C)C)cc3)cc2C(=O)O)cc1. The minimum absolute atomic E-state index is 0.263. The lowest BCUT2D eigenvalue weighted by atomic mass is 9.96. The van der Waals surface area contributed by atoms with Gasteiger partial charge < -0.3 is 50.4 Å². The van der Waals surface area contributed by atoms with Crippen LogP contribution in [0.4, 0.5) is 21.0 Å². The van der Waals surface area contributed by atoms with Crippen molar-refractivity contribution in [1.82, 2.24) is 10.6 Å². The summed E-state index contributed by atoms with van der Waals surface area (Å²) >= 11 is 0. The molecule has 0 bridgehead atoms. The van der Waals surface area contributed by atoms with Crippen molar-refractivity contribution >= 4 is 47.3 Å². The van der Waals surface area contributed by atoms with E-state index in [4.69, 9.17) is 18.9 Å². The number of carboxylic acids is 2. The molecule has 16 heteroatoms. The van der Waals surface area contributed by atoms with E-state index in [-0.39, 0.29) is 24.6 Å². The van der Waals surface area contributed by atoms with Gasteiger partial charge in [0.15, 0.2) is 0 Å². The van der Waals surface area contributed by atoms with Gasteiger partial charge in [-0.1, -0.05) is 0 Å². The number of nitrogens with one attached hydrogen (secondary N) is 4. The van der Waals surface area contributed by atoms with Gasteiger partial charge in [0.25, 0.3) is 11.8 Å². The van der Waals surface area contributed by atoms with Crippen molar-refractivity contribution < 1.29 is 57.9 Å². The Morgan fingerprint density at radius 1 is 0.537 bits per heavy atom. The molecule has 16 nitrogen and oxygen atoms in total. The Bertz CT molecular complexity index is 1680. The molecule has 54 heavy (non-hydrogen) atoms. The van der Waals surface area contributed by atoms with Gasteiger partial charge in [-0.25, -0.2) is 19.2 Å². The number of ether oxygens (including phenoxy) is 4. The second-order valence-corrected chi connectivity index (χ2v) is 13.8. The van der Waals surface area contributed by atoms with E-state index in [1.54, 1.807) is 65.8 Å². The topological polar surface area (TPSA) is 228 Å². The largest absolute Gasteiger partial charge is 0.494 e. The molecule has 0 fully saturated rings. The number of carbonyl (C=O) groups excluding carboxylic acids is 4. The molecule has 4 amide bonds. The number of benzene rings is 3. The first kappa shape index (κ1) is 42.1. The van der Waals surface area contributed by atoms with Crippen molar-refractivity contribution in [2.45, 2.75) is 65.6 Å². The van der Waals surface area contributed by atoms with Crippen molar-refractivity contribution in [2.75, 3.05) is 36.9 Å². The number of carbonyl (C=O) groups is 6. The number of alkyl carbamates (subject to hydrolysis) is 2. The molecule has 3 rings (SSSR count). The molecule has 0 aromatic heterocycles. The summed E-state index contributed by atoms with van der Waals surface area (Å²) in [5.41, 5.74) is -2.82. The third-order valence-electron chi connectivity index (χ3n) is 6.85. The molecule has 0 radical (unpaired) electrons. The number of amides is 4. The van der Waals surface area contributed by atoms with E-state index >= 15 is 0 Å². The molecule has 290 valence electrons. The molecule has 0 aliphatic rings. The van der Waals surface area contributed by atoms with Gasteiger partial charge in [-0.15, -0.1) is 0 Å². The summed E-state index contributed by atoms with van der Waals surface area (Å²) in [6.45, 7) is 11.8. The van der Waals surface area contributed by atoms with Crippen LogP contribution >= 0.6 is 0 Å². The van der Waals surface area contributed by atoms with Crippen LogP contribution in [-0.4, -0.2) is 83.7 Å². The average Bonchev–Trinajstić information content (AvgIpc) is 3.07. The summed E-state index contributed by atoms with van der Waals surface area (Å²) < 4.78 is 21.6. The second-order valence-electron chi connectivity index (χ2n) is 13.8. The number of anilines is 2. The Kier molecular flexibility index (Phi) is 14.8. The zero-order valence-corrected chi connectivity index (χ0v) is 31.0. The van der Waals surface area contributed by atoms with E-state index < -0.39 is 69.4 Å². The van der Waals surface area contributed by atoms with Gasteiger partial charge in [-0.2, -0.15) is 0 Å². The number of hydrogen-bond acceptors (Lipinski definition) is 10. The molecule has 0 aliphatic heterocycles. The molecule has 0 aliphatic carbocycles. The van der Waals surface area contributed by atoms with Crippen molar-refractivity contribution in [2.24, 2.45) is 0 Å². The van der Waals surface area contributed by atoms with Crippen LogP contribution in [0.15, 0.2) is 60.7 Å². The molecular formula is C38H46N4O12. The lowest BCUT2D eigenvalue weighted by Gasteiger charge is -2.19. The Balaban J connectivity index is 1.59. The third-order valence-corrected chi connectivity index (χ3v) is 6.85. The lowest BCUT2D eigenvalue weighted by Crippen LogP contribution is -2.33. The monoisotopic (exact) mass is 750 g/mol. The maximum absolute atomic E-state index is 13.2. The standard InChI is InChI=1S/C38H46N4O12/c1-37(2,3)53-35(49)39-17-7-19-51-25-13-9-23(10-14-25)41-31(43)27-21-30(34(47)48)28(22-29(27)33(45)46)32(44)42-24-11-15-26(16-12-24)52-20-8-18-40-36(50)54-38(4,5)6/h9-16,21-22H,7-8,17-20H2,1-6H3,(H,39,49)(H,40,50)(H,41,43)(H,42,44)(H,45,46)(H,47,48). The van der Waals surface area contributed by atoms with Gasteiger partial charge in [0, 0.05) is 24.5 Å². The van der Waals surface area contributed by atoms with Crippen LogP contribution in [0.2, 0.25) is 0 Å². The fraction of sp³-hybridized carbons (Fsp3) is 0.368. The van der Waals surface area contributed by atoms with Crippen LogP contribution in [0, 0.1) is 0 Å². The van der Waals surface area contributed by atoms with Crippen LogP contribution in [0.5, 0.6) is 11.5 Å². The molecule has 0 heterocycles. The first-order valence-corrected chi connectivity index (χ1v) is 17.0. The van der Waals surface area contributed by atoms with Gasteiger partial charge in [-0.05, 0) is 115 Å². The average molecular weight is 751 g/mol. The van der Waals surface area contributed by atoms with E-state index in [1.807, 2.05) is 0 Å². The van der Waals surface area contributed by atoms with Crippen LogP contribution in [0.1, 0.15) is 95.8 Å². The molecule has 0 spiro atoms. The molecule has 3 aromatic rings. The van der Waals surface area contributed by atoms with Gasteiger partial charge in [0.1, 0.15) is 22.7 Å². The number of rotatable bonds is 16. The molecule has 0 atom stereocenters. The summed E-state index contributed by atoms with van der Waals surface area (Å²) in [5, 5.41) is 30.1. The van der Waals surface area contributed by atoms with Gasteiger partial charge >= 0.3 is 24.1 Å². The molecule has 3 aromatic carbocycles. The highest BCUT2D eigenvalue weighted by Gasteiger charge is 2.26. The minimum atomic E-state index is -1.56. The normalized spacial score (nSPS) is 11.1. The Morgan fingerprint density at radius 3 is 1.17 bits per heavy atom. The van der Waals surface area contributed by atoms with E-state index in [0.29, 0.717) is 37.4 Å². The molecule has 0 saturated carbocycles. The van der Waals surface area contributed by atoms with E-state index in [2.05, 4.69) is 21.3 Å². The third kappa shape index (κ3) is 14.4. The number of aromatic carboxylic acids is 2. The molecular weight excluding hydrogens is 704 g/mol. The summed E-state index contributed by atoms with van der Waals surface area (Å²) in [5.74, 6) is -4.02. The highest BCUT2D eigenvalue weighted by molar-refractivity contribution is 6.16. The fourth-order valence-corrected chi connectivity index (χ4v) is 4.53. The van der Waals surface area contributed by atoms with E-state index in [1.165, 1.54) is 24.3 Å². The quantitative estimate of drug-likeness (QED) is 0.0903. The maximum Gasteiger partial charge on any atom is 0.407 e. The summed E-state index contributed by atoms with van der Waals surface area (Å²) in [7, 11) is 0. The van der Waals surface area contributed by atoms with Crippen LogP contribution in [-0.2, 0) is 9.47 Å². The lowest BCUT2D eigenvalue weighted by molar-refractivity contribution is 0.0513. The highest BCUT2D eigenvalue weighted by Crippen LogP contribution is 2.23. The number of hydrogen-bond donors (Lipinski definition) is 6. The smallest absolute Gasteiger partial charge is 0.407 e. The van der Waals surface area contributed by atoms with Crippen LogP contribution in [0.25, 0.3) is 0 Å². The van der Waals surface area contributed by atoms with E-state index in [9.17, 15) is 39.0 Å². The first-order valence-electron chi connectivity index (χ1n) is 17.0. The van der Waals surface area contributed by atoms with Gasteiger partial charge in [0.05, 0.1) is 35.5 Å². The molecule has 0 unspecified atom stereocenters. The fourth-order valence-electron chi connectivity index (χ4n) is 4.53. The van der Waals surface area contributed by atoms with Crippen LogP contribution in [0.3, 0.4) is 0 Å². The zero-order valence-electron chi connectivity index (χ0n) is 31.0. The minimum Gasteiger partial charge on any atom is -0.494 e. The predicted octanol–water partition coefficient (Wildman–Crippen LogP) is 6.17. The van der Waals surface area contributed by atoms with Crippen molar-refractivity contribution in [3.63, 3.8) is 0 Å². The van der Waals surface area contributed by atoms with Crippen molar-refractivity contribution in [3.05, 3.63) is 82.9 Å². The van der Waals surface area contributed by atoms with Crippen molar-refractivity contribution in [1.29, 1.82) is 0 Å². The second kappa shape index (κ2) is 19.0. The number of carboxylic acid groups (broad SMARTS) is 2. The molecule has 0 saturated heterocycles.